The summed E-state index contributed by atoms with van der Waals surface area (Å²) in [6, 6.07) is 6.18. The first-order chi connectivity index (χ1) is 7.65. The third-order valence-corrected chi connectivity index (χ3v) is 2.30. The standard InChI is InChI=1S/C12H17N3O/c1-9(2)11-5-4-10(3)8-12(11)16-7-6-14-15-13/h4-5,8-9H,6-7H2,1-3H3. The van der Waals surface area contributed by atoms with E-state index in [1.807, 2.05) is 13.0 Å². The highest BCUT2D eigenvalue weighted by molar-refractivity contribution is 5.39. The van der Waals surface area contributed by atoms with E-state index in [-0.39, 0.29) is 0 Å². The number of rotatable bonds is 5. The number of hydrogen-bond donors (Lipinski definition) is 0. The molecule has 0 aromatic heterocycles. The van der Waals surface area contributed by atoms with E-state index in [4.69, 9.17) is 10.3 Å². The van der Waals surface area contributed by atoms with Crippen LogP contribution in [0.5, 0.6) is 5.75 Å². The van der Waals surface area contributed by atoms with E-state index in [2.05, 4.69) is 36.0 Å². The van der Waals surface area contributed by atoms with Crippen LogP contribution in [0.15, 0.2) is 23.3 Å². The third kappa shape index (κ3) is 3.48. The molecule has 86 valence electrons. The molecule has 0 aliphatic carbocycles. The predicted octanol–water partition coefficient (Wildman–Crippen LogP) is 3.81. The first-order valence-electron chi connectivity index (χ1n) is 5.39. The Labute approximate surface area is 95.9 Å². The summed E-state index contributed by atoms with van der Waals surface area (Å²) in [5, 5.41) is 3.44. The van der Waals surface area contributed by atoms with Gasteiger partial charge in [0.2, 0.25) is 0 Å². The smallest absolute Gasteiger partial charge is 0.122 e. The molecule has 0 aliphatic heterocycles. The fraction of sp³-hybridized carbons (Fsp3) is 0.500. The first-order valence-corrected chi connectivity index (χ1v) is 5.39. The number of hydrogen-bond acceptors (Lipinski definition) is 2. The van der Waals surface area contributed by atoms with Crippen molar-refractivity contribution in [3.8, 4) is 5.75 Å². The second-order valence-corrected chi connectivity index (χ2v) is 4.00. The number of benzene rings is 1. The fourth-order valence-electron chi connectivity index (χ4n) is 1.48. The van der Waals surface area contributed by atoms with Gasteiger partial charge >= 0.3 is 0 Å². The number of ether oxygens (including phenoxy) is 1. The Kier molecular flexibility index (Phi) is 4.67. The molecule has 0 N–H and O–H groups in total. The Morgan fingerprint density at radius 1 is 1.44 bits per heavy atom. The lowest BCUT2D eigenvalue weighted by molar-refractivity contribution is 0.323. The van der Waals surface area contributed by atoms with E-state index in [1.54, 1.807) is 0 Å². The second-order valence-electron chi connectivity index (χ2n) is 4.00. The normalized spacial score (nSPS) is 10.0. The lowest BCUT2D eigenvalue weighted by atomic mass is 10.0. The molecule has 1 aromatic rings. The molecule has 0 atom stereocenters. The summed E-state index contributed by atoms with van der Waals surface area (Å²) in [4.78, 5) is 2.69. The van der Waals surface area contributed by atoms with Crippen LogP contribution in [-0.4, -0.2) is 13.2 Å². The van der Waals surface area contributed by atoms with Gasteiger partial charge in [-0.3, -0.25) is 0 Å². The van der Waals surface area contributed by atoms with Gasteiger partial charge in [-0.05, 0) is 35.6 Å². The molecule has 4 nitrogen and oxygen atoms in total. The monoisotopic (exact) mass is 219 g/mol. The SMILES string of the molecule is Cc1ccc(C(C)C)c(OCCN=[N+]=[N-])c1. The summed E-state index contributed by atoms with van der Waals surface area (Å²) in [5.74, 6) is 1.32. The summed E-state index contributed by atoms with van der Waals surface area (Å²) in [7, 11) is 0. The van der Waals surface area contributed by atoms with Gasteiger partial charge in [-0.15, -0.1) is 0 Å². The minimum atomic E-state index is 0.363. The van der Waals surface area contributed by atoms with Gasteiger partial charge in [-0.1, -0.05) is 31.1 Å². The van der Waals surface area contributed by atoms with Crippen molar-refractivity contribution < 1.29 is 4.74 Å². The van der Waals surface area contributed by atoms with Gasteiger partial charge in [0, 0.05) is 4.91 Å². The van der Waals surface area contributed by atoms with E-state index in [0.29, 0.717) is 19.1 Å². The summed E-state index contributed by atoms with van der Waals surface area (Å²) >= 11 is 0. The maximum absolute atomic E-state index is 8.15. The average Bonchev–Trinajstić information content (AvgIpc) is 2.24. The summed E-state index contributed by atoms with van der Waals surface area (Å²) in [6.45, 7) is 7.08. The molecule has 1 rings (SSSR count). The molecule has 0 saturated heterocycles. The molecule has 1 aromatic carbocycles. The van der Waals surface area contributed by atoms with Crippen LogP contribution in [0, 0.1) is 6.92 Å². The highest BCUT2D eigenvalue weighted by atomic mass is 16.5. The van der Waals surface area contributed by atoms with Crippen molar-refractivity contribution in [1.29, 1.82) is 0 Å². The van der Waals surface area contributed by atoms with E-state index in [1.165, 1.54) is 11.1 Å². The lowest BCUT2D eigenvalue weighted by Crippen LogP contribution is -2.03. The topological polar surface area (TPSA) is 58.0 Å². The average molecular weight is 219 g/mol. The molecule has 0 unspecified atom stereocenters. The molecule has 0 aliphatic rings. The molecular formula is C12H17N3O. The Bertz CT molecular complexity index is 395. The Hall–Kier alpha value is -1.67. The van der Waals surface area contributed by atoms with Gasteiger partial charge in [0.25, 0.3) is 0 Å². The van der Waals surface area contributed by atoms with Crippen LogP contribution in [0.1, 0.15) is 30.9 Å². The number of aryl methyl sites for hydroxylation is 1. The Morgan fingerprint density at radius 2 is 2.19 bits per heavy atom. The molecule has 0 heterocycles. The van der Waals surface area contributed by atoms with Gasteiger partial charge in [-0.25, -0.2) is 0 Å². The first kappa shape index (κ1) is 12.4. The van der Waals surface area contributed by atoms with E-state index in [0.717, 1.165) is 5.75 Å². The summed E-state index contributed by atoms with van der Waals surface area (Å²) < 4.78 is 5.62. The zero-order chi connectivity index (χ0) is 12.0. The van der Waals surface area contributed by atoms with Crippen LogP contribution in [0.25, 0.3) is 10.4 Å². The molecule has 0 bridgehead atoms. The number of nitrogens with zero attached hydrogens (tertiary/aromatic N) is 3. The molecule has 4 heteroatoms. The minimum absolute atomic E-state index is 0.363. The van der Waals surface area contributed by atoms with Crippen LogP contribution in [0.4, 0.5) is 0 Å². The van der Waals surface area contributed by atoms with Crippen LogP contribution >= 0.6 is 0 Å². The van der Waals surface area contributed by atoms with Crippen LogP contribution < -0.4 is 4.74 Å². The lowest BCUT2D eigenvalue weighted by Gasteiger charge is -2.14. The van der Waals surface area contributed by atoms with Gasteiger partial charge < -0.3 is 4.74 Å². The molecule has 0 radical (unpaired) electrons. The molecule has 16 heavy (non-hydrogen) atoms. The van der Waals surface area contributed by atoms with E-state index >= 15 is 0 Å². The van der Waals surface area contributed by atoms with Crippen LogP contribution in [-0.2, 0) is 0 Å². The fourth-order valence-corrected chi connectivity index (χ4v) is 1.48. The van der Waals surface area contributed by atoms with E-state index in [9.17, 15) is 0 Å². The highest BCUT2D eigenvalue weighted by Gasteiger charge is 2.07. The predicted molar refractivity (Wildman–Crippen MR) is 64.8 cm³/mol. The van der Waals surface area contributed by atoms with Crippen molar-refractivity contribution in [1.82, 2.24) is 0 Å². The highest BCUT2D eigenvalue weighted by Crippen LogP contribution is 2.27. The van der Waals surface area contributed by atoms with Crippen LogP contribution in [0.3, 0.4) is 0 Å². The molecule has 0 fully saturated rings. The van der Waals surface area contributed by atoms with E-state index < -0.39 is 0 Å². The molecule has 0 amide bonds. The quantitative estimate of drug-likeness (QED) is 0.321. The summed E-state index contributed by atoms with van der Waals surface area (Å²) in [6.07, 6.45) is 0. The van der Waals surface area contributed by atoms with Crippen molar-refractivity contribution in [2.24, 2.45) is 5.11 Å². The van der Waals surface area contributed by atoms with Crippen molar-refractivity contribution in [2.45, 2.75) is 26.7 Å². The molecular weight excluding hydrogens is 202 g/mol. The van der Waals surface area contributed by atoms with Crippen molar-refractivity contribution in [3.05, 3.63) is 39.8 Å². The van der Waals surface area contributed by atoms with Crippen LogP contribution in [0.2, 0.25) is 0 Å². The Morgan fingerprint density at radius 3 is 2.81 bits per heavy atom. The van der Waals surface area contributed by atoms with Gasteiger partial charge in [0.15, 0.2) is 0 Å². The molecule has 0 spiro atoms. The zero-order valence-electron chi connectivity index (χ0n) is 9.97. The van der Waals surface area contributed by atoms with Gasteiger partial charge in [0.1, 0.15) is 5.75 Å². The zero-order valence-corrected chi connectivity index (χ0v) is 9.97. The number of azide groups is 1. The molecule has 0 saturated carbocycles. The van der Waals surface area contributed by atoms with Gasteiger partial charge in [-0.2, -0.15) is 0 Å². The maximum Gasteiger partial charge on any atom is 0.122 e. The maximum atomic E-state index is 8.15. The van der Waals surface area contributed by atoms with Gasteiger partial charge in [0.05, 0.1) is 13.2 Å². The third-order valence-electron chi connectivity index (χ3n) is 2.30. The second kappa shape index (κ2) is 6.03. The minimum Gasteiger partial charge on any atom is -0.493 e. The van der Waals surface area contributed by atoms with Crippen molar-refractivity contribution in [3.63, 3.8) is 0 Å². The Balaban J connectivity index is 2.75. The van der Waals surface area contributed by atoms with Crippen molar-refractivity contribution in [2.75, 3.05) is 13.2 Å². The largest absolute Gasteiger partial charge is 0.493 e. The summed E-state index contributed by atoms with van der Waals surface area (Å²) in [5.41, 5.74) is 10.5. The van der Waals surface area contributed by atoms with Crippen molar-refractivity contribution >= 4 is 0 Å².